The molecule has 1 amide bonds. The van der Waals surface area contributed by atoms with Gasteiger partial charge < -0.3 is 20.9 Å². The van der Waals surface area contributed by atoms with Crippen LogP contribution in [0.15, 0.2) is 48.6 Å². The molecule has 0 aromatic rings. The highest BCUT2D eigenvalue weighted by atomic mass is 16.5. The normalized spacial score (nSPS) is 13.1. The first-order valence-electron chi connectivity index (χ1n) is 22.0. The van der Waals surface area contributed by atoms with Crippen molar-refractivity contribution < 1.29 is 24.2 Å². The van der Waals surface area contributed by atoms with Gasteiger partial charge in [0.2, 0.25) is 5.91 Å². The van der Waals surface area contributed by atoms with Crippen molar-refractivity contribution in [2.24, 2.45) is 5.73 Å². The van der Waals surface area contributed by atoms with Crippen LogP contribution in [0.2, 0.25) is 0 Å². The molecule has 0 heterocycles. The average Bonchev–Trinajstić information content (AvgIpc) is 3.14. The smallest absolute Gasteiger partial charge is 0.326 e. The van der Waals surface area contributed by atoms with Gasteiger partial charge in [-0.25, -0.2) is 4.79 Å². The molecule has 0 aliphatic heterocycles. The van der Waals surface area contributed by atoms with Gasteiger partial charge in [0, 0.05) is 12.8 Å². The van der Waals surface area contributed by atoms with E-state index >= 15 is 0 Å². The molecule has 0 aromatic heterocycles. The molecule has 0 saturated carbocycles. The lowest BCUT2D eigenvalue weighted by molar-refractivity contribution is -0.147. The number of unbranched alkanes of at least 4 members (excludes halogenated alkanes) is 19. The molecule has 0 saturated heterocycles. The van der Waals surface area contributed by atoms with Gasteiger partial charge in [-0.3, -0.25) is 9.59 Å². The van der Waals surface area contributed by atoms with Gasteiger partial charge in [0.25, 0.3) is 0 Å². The summed E-state index contributed by atoms with van der Waals surface area (Å²) in [5.41, 5.74) is 5.48. The van der Waals surface area contributed by atoms with Gasteiger partial charge in [0.15, 0.2) is 0 Å². The van der Waals surface area contributed by atoms with Crippen molar-refractivity contribution in [3.63, 3.8) is 0 Å². The summed E-state index contributed by atoms with van der Waals surface area (Å²) in [6.45, 7) is 4.90. The van der Waals surface area contributed by atoms with Gasteiger partial charge in [0.05, 0.1) is 0 Å². The quantitative estimate of drug-likeness (QED) is 0.0328. The van der Waals surface area contributed by atoms with E-state index in [-0.39, 0.29) is 18.0 Å². The second kappa shape index (κ2) is 40.5. The monoisotopic (exact) mass is 743 g/mol. The zero-order valence-electron chi connectivity index (χ0n) is 34.4. The third-order valence-corrected chi connectivity index (χ3v) is 9.60. The molecule has 0 spiro atoms. The van der Waals surface area contributed by atoms with Crippen LogP contribution in [0.25, 0.3) is 0 Å². The number of carbonyl (C=O) groups excluding carboxylic acids is 2. The van der Waals surface area contributed by atoms with Gasteiger partial charge in [-0.15, -0.1) is 0 Å². The maximum absolute atomic E-state index is 12.7. The number of amides is 1. The molecule has 306 valence electrons. The Labute approximate surface area is 326 Å². The van der Waals surface area contributed by atoms with Crippen LogP contribution in [-0.2, 0) is 19.1 Å². The fraction of sp³-hybridized carbons (Fsp3) is 0.761. The maximum atomic E-state index is 12.7. The van der Waals surface area contributed by atoms with Crippen LogP contribution >= 0.6 is 0 Å². The number of nitrogens with two attached hydrogens (primary N) is 1. The molecule has 53 heavy (non-hydrogen) atoms. The molecule has 0 aliphatic carbocycles. The molecular weight excluding hydrogens is 661 g/mol. The van der Waals surface area contributed by atoms with Crippen LogP contribution in [0, 0.1) is 0 Å². The van der Waals surface area contributed by atoms with Crippen molar-refractivity contribution in [2.75, 3.05) is 6.54 Å². The van der Waals surface area contributed by atoms with Gasteiger partial charge in [-0.1, -0.05) is 146 Å². The Balaban J connectivity index is 4.41. The molecule has 7 heteroatoms. The highest BCUT2D eigenvalue weighted by Gasteiger charge is 2.18. The Hall–Kier alpha value is -2.67. The minimum Gasteiger partial charge on any atom is -0.480 e. The van der Waals surface area contributed by atoms with Crippen molar-refractivity contribution in [1.82, 2.24) is 5.32 Å². The predicted molar refractivity (Wildman–Crippen MR) is 225 cm³/mol. The summed E-state index contributed by atoms with van der Waals surface area (Å²) in [7, 11) is 0. The largest absolute Gasteiger partial charge is 0.480 e. The molecule has 0 fully saturated rings. The number of allylic oxidation sites excluding steroid dienone is 7. The summed E-state index contributed by atoms with van der Waals surface area (Å²) in [5, 5.41) is 11.9. The molecule has 0 bridgehead atoms. The summed E-state index contributed by atoms with van der Waals surface area (Å²) < 4.78 is 5.93. The zero-order valence-corrected chi connectivity index (χ0v) is 34.4. The fourth-order valence-electron chi connectivity index (χ4n) is 6.25. The number of carboxylic acid groups (broad SMARTS) is 1. The zero-order chi connectivity index (χ0) is 38.9. The Morgan fingerprint density at radius 1 is 0.566 bits per heavy atom. The van der Waals surface area contributed by atoms with E-state index in [9.17, 15) is 19.5 Å². The first-order chi connectivity index (χ1) is 25.9. The fourth-order valence-corrected chi connectivity index (χ4v) is 6.25. The Bertz CT molecular complexity index is 973. The lowest BCUT2D eigenvalue weighted by Crippen LogP contribution is -2.40. The number of carboxylic acids is 1. The van der Waals surface area contributed by atoms with Crippen LogP contribution < -0.4 is 11.1 Å². The summed E-state index contributed by atoms with van der Waals surface area (Å²) in [6, 6.07) is -0.867. The number of aliphatic carboxylic acids is 1. The van der Waals surface area contributed by atoms with Crippen LogP contribution in [0.1, 0.15) is 206 Å². The number of hydrogen-bond donors (Lipinski definition) is 3. The first kappa shape index (κ1) is 50.3. The summed E-state index contributed by atoms with van der Waals surface area (Å²) in [4.78, 5) is 36.3. The number of hydrogen-bond acceptors (Lipinski definition) is 5. The van der Waals surface area contributed by atoms with Gasteiger partial charge in [-0.2, -0.15) is 0 Å². The SMILES string of the molecule is CCCCC/C=C\C/C=C\C/C=C\C(CCCCCCCC(=O)NC(CCCN)C(=O)O)OC(=O)CCCCCCC/C=C\CCCCCCCCC. The Kier molecular flexibility index (Phi) is 38.5. The first-order valence-corrected chi connectivity index (χ1v) is 22.0. The summed E-state index contributed by atoms with van der Waals surface area (Å²) in [6.07, 6.45) is 48.8. The minimum absolute atomic E-state index is 0.103. The van der Waals surface area contributed by atoms with Crippen LogP contribution in [-0.4, -0.2) is 41.6 Å². The molecule has 0 rings (SSSR count). The van der Waals surface area contributed by atoms with E-state index in [4.69, 9.17) is 10.5 Å². The maximum Gasteiger partial charge on any atom is 0.326 e. The number of rotatable bonds is 39. The molecule has 7 nitrogen and oxygen atoms in total. The second-order valence-corrected chi connectivity index (χ2v) is 14.7. The van der Waals surface area contributed by atoms with Crippen molar-refractivity contribution >= 4 is 17.8 Å². The summed E-state index contributed by atoms with van der Waals surface area (Å²) >= 11 is 0. The van der Waals surface area contributed by atoms with Crippen molar-refractivity contribution in [3.8, 4) is 0 Å². The van der Waals surface area contributed by atoms with E-state index in [1.54, 1.807) is 0 Å². The number of nitrogens with one attached hydrogen (secondary N) is 1. The second-order valence-electron chi connectivity index (χ2n) is 14.7. The molecule has 0 aliphatic rings. The third kappa shape index (κ3) is 37.4. The average molecular weight is 743 g/mol. The van der Waals surface area contributed by atoms with Gasteiger partial charge in [0.1, 0.15) is 12.1 Å². The molecule has 0 radical (unpaired) electrons. The van der Waals surface area contributed by atoms with E-state index < -0.39 is 12.0 Å². The van der Waals surface area contributed by atoms with Crippen LogP contribution in [0.4, 0.5) is 0 Å². The highest BCUT2D eigenvalue weighted by Crippen LogP contribution is 2.15. The van der Waals surface area contributed by atoms with E-state index in [0.29, 0.717) is 32.2 Å². The lowest BCUT2D eigenvalue weighted by Gasteiger charge is -2.15. The van der Waals surface area contributed by atoms with Gasteiger partial charge in [-0.05, 0) is 103 Å². The predicted octanol–water partition coefficient (Wildman–Crippen LogP) is 12.4. The van der Waals surface area contributed by atoms with Crippen molar-refractivity contribution in [1.29, 1.82) is 0 Å². The third-order valence-electron chi connectivity index (χ3n) is 9.60. The van der Waals surface area contributed by atoms with Crippen LogP contribution in [0.3, 0.4) is 0 Å². The summed E-state index contributed by atoms with van der Waals surface area (Å²) in [5.74, 6) is -1.33. The van der Waals surface area contributed by atoms with Crippen molar-refractivity contribution in [2.45, 2.75) is 219 Å². The standard InChI is InChI=1S/C46H82N2O5/c1-3-5-7-9-11-13-15-16-17-18-19-21-23-25-30-34-40-45(50)53-42(36-31-27-24-22-20-14-12-10-8-6-4-2)37-32-28-26-29-33-39-44(49)48-43(46(51)52)38-35-41-47/h12,14,17-18,22,24,31,36,42-43H,3-11,13,15-16,19-21,23,25-30,32-35,37-41,47H2,1-2H3,(H,48,49)(H,51,52)/b14-12-,18-17-,24-22-,36-31-. The number of esters is 1. The molecule has 2 atom stereocenters. The lowest BCUT2D eigenvalue weighted by atomic mass is 10.1. The highest BCUT2D eigenvalue weighted by molar-refractivity contribution is 5.83. The topological polar surface area (TPSA) is 119 Å². The number of ether oxygens (including phenoxy) is 1. The number of carbonyl (C=O) groups is 3. The Morgan fingerprint density at radius 2 is 1.04 bits per heavy atom. The van der Waals surface area contributed by atoms with Crippen LogP contribution in [0.5, 0.6) is 0 Å². The van der Waals surface area contributed by atoms with E-state index in [2.05, 4.69) is 67.8 Å². The molecule has 2 unspecified atom stereocenters. The Morgan fingerprint density at radius 3 is 1.64 bits per heavy atom. The van der Waals surface area contributed by atoms with E-state index in [0.717, 1.165) is 77.0 Å². The molecular formula is C46H82N2O5. The molecule has 0 aromatic carbocycles. The molecule has 4 N–H and O–H groups in total. The van der Waals surface area contributed by atoms with E-state index in [1.165, 1.54) is 89.9 Å². The van der Waals surface area contributed by atoms with Gasteiger partial charge >= 0.3 is 11.9 Å². The van der Waals surface area contributed by atoms with E-state index in [1.807, 2.05) is 0 Å². The van der Waals surface area contributed by atoms with Crippen molar-refractivity contribution in [3.05, 3.63) is 48.6 Å². The minimum atomic E-state index is -1.01.